The zero-order valence-electron chi connectivity index (χ0n) is 8.93. The summed E-state index contributed by atoms with van der Waals surface area (Å²) in [7, 11) is 1.21. The van der Waals surface area contributed by atoms with Crippen LogP contribution in [-0.2, 0) is 9.53 Å². The van der Waals surface area contributed by atoms with Crippen LogP contribution in [0.15, 0.2) is 35.1 Å². The Morgan fingerprint density at radius 2 is 2.19 bits per heavy atom. The zero-order valence-corrected chi connectivity index (χ0v) is 9.82. The molecule has 0 heterocycles. The molecule has 0 spiro atoms. The van der Waals surface area contributed by atoms with E-state index >= 15 is 0 Å². The Balaban J connectivity index is 2.95. The van der Waals surface area contributed by atoms with Gasteiger partial charge >= 0.3 is 5.97 Å². The van der Waals surface area contributed by atoms with Gasteiger partial charge in [0.1, 0.15) is 12.0 Å². The Hall–Kier alpha value is -1.62. The predicted molar refractivity (Wildman–Crippen MR) is 61.8 cm³/mol. The summed E-state index contributed by atoms with van der Waals surface area (Å²) in [5.74, 6) is -0.575. The second-order valence-corrected chi connectivity index (χ2v) is 3.55. The normalized spacial score (nSPS) is 11.1. The van der Waals surface area contributed by atoms with Crippen molar-refractivity contribution in [1.29, 1.82) is 0 Å². The third-order valence-corrected chi connectivity index (χ3v) is 2.17. The van der Waals surface area contributed by atoms with Crippen LogP contribution >= 0.6 is 12.6 Å². The molecule has 0 saturated carbocycles. The van der Waals surface area contributed by atoms with Gasteiger partial charge in [-0.15, -0.1) is 12.6 Å². The van der Waals surface area contributed by atoms with Gasteiger partial charge in [0, 0.05) is 4.90 Å². The average molecular weight is 240 g/mol. The van der Waals surface area contributed by atoms with E-state index in [1.54, 1.807) is 18.2 Å². The number of hydrogen-bond acceptors (Lipinski definition) is 5. The van der Waals surface area contributed by atoms with Crippen molar-refractivity contribution in [2.45, 2.75) is 11.8 Å². The number of thiol groups is 1. The lowest BCUT2D eigenvalue weighted by Crippen LogP contribution is -2.11. The summed E-state index contributed by atoms with van der Waals surface area (Å²) >= 11 is 4.15. The molecule has 0 atom stereocenters. The standard InChI is InChI=1S/C11H12O4S/c1-7-3-4-8(16)5-9(7)15-10(6-12)11(13)14-2/h3-6,12,16H,1-2H3/b10-6-. The molecule has 0 bridgehead atoms. The van der Waals surface area contributed by atoms with Crippen LogP contribution in [0.2, 0.25) is 0 Å². The van der Waals surface area contributed by atoms with Crippen molar-refractivity contribution in [3.05, 3.63) is 35.8 Å². The number of ether oxygens (including phenoxy) is 2. The van der Waals surface area contributed by atoms with Crippen LogP contribution in [0.5, 0.6) is 5.75 Å². The van der Waals surface area contributed by atoms with Crippen molar-refractivity contribution in [1.82, 2.24) is 0 Å². The summed E-state index contributed by atoms with van der Waals surface area (Å²) in [6.07, 6.45) is 0.566. The van der Waals surface area contributed by atoms with Crippen molar-refractivity contribution in [3.63, 3.8) is 0 Å². The molecule has 5 heteroatoms. The van der Waals surface area contributed by atoms with E-state index in [1.165, 1.54) is 7.11 Å². The molecule has 0 aliphatic carbocycles. The molecule has 0 aliphatic heterocycles. The second kappa shape index (κ2) is 5.46. The number of carbonyl (C=O) groups excluding carboxylic acids is 1. The van der Waals surface area contributed by atoms with Crippen LogP contribution in [-0.4, -0.2) is 18.2 Å². The molecule has 0 aliphatic rings. The number of rotatable bonds is 3. The molecule has 0 amide bonds. The van der Waals surface area contributed by atoms with Crippen molar-refractivity contribution < 1.29 is 19.4 Å². The molecule has 0 aromatic heterocycles. The number of hydrogen-bond donors (Lipinski definition) is 2. The second-order valence-electron chi connectivity index (χ2n) is 3.04. The van der Waals surface area contributed by atoms with Gasteiger partial charge in [-0.05, 0) is 24.6 Å². The Labute approximate surface area is 98.9 Å². The Kier molecular flexibility index (Phi) is 4.25. The SMILES string of the molecule is COC(=O)/C(=C/O)Oc1cc(S)ccc1C. The van der Waals surface area contributed by atoms with Crippen LogP contribution < -0.4 is 4.74 Å². The molecule has 4 nitrogen and oxygen atoms in total. The Morgan fingerprint density at radius 3 is 2.75 bits per heavy atom. The maximum Gasteiger partial charge on any atom is 0.377 e. The molecular weight excluding hydrogens is 228 g/mol. The molecule has 0 unspecified atom stereocenters. The molecule has 1 aromatic carbocycles. The zero-order chi connectivity index (χ0) is 12.1. The fourth-order valence-electron chi connectivity index (χ4n) is 1.04. The molecule has 0 radical (unpaired) electrons. The first-order valence-electron chi connectivity index (χ1n) is 4.48. The van der Waals surface area contributed by atoms with Crippen molar-refractivity contribution in [2.75, 3.05) is 7.11 Å². The highest BCUT2D eigenvalue weighted by molar-refractivity contribution is 7.80. The summed E-state index contributed by atoms with van der Waals surface area (Å²) in [4.78, 5) is 11.8. The number of methoxy groups -OCH3 is 1. The summed E-state index contributed by atoms with van der Waals surface area (Å²) in [6, 6.07) is 5.24. The maximum absolute atomic E-state index is 11.1. The highest BCUT2D eigenvalue weighted by Gasteiger charge is 2.13. The van der Waals surface area contributed by atoms with Crippen molar-refractivity contribution in [3.8, 4) is 5.75 Å². The largest absolute Gasteiger partial charge is 0.511 e. The molecule has 16 heavy (non-hydrogen) atoms. The minimum atomic E-state index is -0.744. The van der Waals surface area contributed by atoms with Crippen LogP contribution in [0.3, 0.4) is 0 Å². The summed E-state index contributed by atoms with van der Waals surface area (Å²) in [6.45, 7) is 1.81. The maximum atomic E-state index is 11.1. The van der Waals surface area contributed by atoms with E-state index in [1.807, 2.05) is 6.92 Å². The monoisotopic (exact) mass is 240 g/mol. The van der Waals surface area contributed by atoms with Crippen LogP contribution in [0.25, 0.3) is 0 Å². The lowest BCUT2D eigenvalue weighted by atomic mass is 10.2. The lowest BCUT2D eigenvalue weighted by Gasteiger charge is -2.09. The molecule has 1 aromatic rings. The van der Waals surface area contributed by atoms with E-state index in [-0.39, 0.29) is 5.76 Å². The quantitative estimate of drug-likeness (QED) is 0.368. The van der Waals surface area contributed by atoms with Gasteiger partial charge in [0.15, 0.2) is 0 Å². The summed E-state index contributed by atoms with van der Waals surface area (Å²) in [5, 5.41) is 8.84. The summed E-state index contributed by atoms with van der Waals surface area (Å²) in [5.41, 5.74) is 0.820. The van der Waals surface area contributed by atoms with E-state index in [0.717, 1.165) is 5.56 Å². The van der Waals surface area contributed by atoms with Crippen molar-refractivity contribution in [2.24, 2.45) is 0 Å². The van der Waals surface area contributed by atoms with E-state index in [0.29, 0.717) is 16.9 Å². The Morgan fingerprint density at radius 1 is 1.50 bits per heavy atom. The van der Waals surface area contributed by atoms with Gasteiger partial charge < -0.3 is 14.6 Å². The first-order chi connectivity index (χ1) is 7.58. The molecule has 86 valence electrons. The minimum Gasteiger partial charge on any atom is -0.511 e. The third-order valence-electron chi connectivity index (χ3n) is 1.90. The third kappa shape index (κ3) is 2.93. The molecule has 1 rings (SSSR count). The smallest absolute Gasteiger partial charge is 0.377 e. The summed E-state index contributed by atoms with van der Waals surface area (Å²) < 4.78 is 9.65. The highest BCUT2D eigenvalue weighted by Crippen LogP contribution is 2.23. The fraction of sp³-hybridized carbons (Fsp3) is 0.182. The number of esters is 1. The number of aliphatic hydroxyl groups is 1. The highest BCUT2D eigenvalue weighted by atomic mass is 32.1. The van der Waals surface area contributed by atoms with Gasteiger partial charge in [-0.2, -0.15) is 0 Å². The van der Waals surface area contributed by atoms with E-state index in [4.69, 9.17) is 9.84 Å². The predicted octanol–water partition coefficient (Wildman–Crippen LogP) is 2.23. The van der Waals surface area contributed by atoms with Crippen LogP contribution in [0.4, 0.5) is 0 Å². The topological polar surface area (TPSA) is 55.8 Å². The first kappa shape index (κ1) is 12.4. The van der Waals surface area contributed by atoms with Gasteiger partial charge in [0.25, 0.3) is 0 Å². The molecule has 1 N–H and O–H groups in total. The molecular formula is C11H12O4S. The number of aliphatic hydroxyl groups excluding tert-OH is 1. The van der Waals surface area contributed by atoms with Gasteiger partial charge in [-0.1, -0.05) is 6.07 Å². The first-order valence-corrected chi connectivity index (χ1v) is 4.93. The number of benzene rings is 1. The van der Waals surface area contributed by atoms with E-state index in [9.17, 15) is 4.79 Å². The van der Waals surface area contributed by atoms with Crippen molar-refractivity contribution >= 4 is 18.6 Å². The Bertz CT molecular complexity index is 426. The van der Waals surface area contributed by atoms with Gasteiger partial charge in [0.2, 0.25) is 5.76 Å². The average Bonchev–Trinajstić information content (AvgIpc) is 2.29. The lowest BCUT2D eigenvalue weighted by molar-refractivity contribution is -0.138. The molecule has 0 saturated heterocycles. The number of aryl methyl sites for hydroxylation is 1. The van der Waals surface area contributed by atoms with E-state index < -0.39 is 5.97 Å². The fourth-order valence-corrected chi connectivity index (χ4v) is 1.23. The van der Waals surface area contributed by atoms with Crippen LogP contribution in [0.1, 0.15) is 5.56 Å². The van der Waals surface area contributed by atoms with Gasteiger partial charge in [-0.3, -0.25) is 0 Å². The number of carbonyl (C=O) groups is 1. The van der Waals surface area contributed by atoms with Crippen LogP contribution in [0, 0.1) is 6.92 Å². The van der Waals surface area contributed by atoms with E-state index in [2.05, 4.69) is 17.4 Å². The van der Waals surface area contributed by atoms with Gasteiger partial charge in [0.05, 0.1) is 7.11 Å². The minimum absolute atomic E-state index is 0.274. The molecule has 0 fully saturated rings. The van der Waals surface area contributed by atoms with Gasteiger partial charge in [-0.25, -0.2) is 4.79 Å².